The molecule has 0 N–H and O–H groups in total. The molecule has 2 aliphatic rings. The maximum Gasteiger partial charge on any atom is 0.265 e. The lowest BCUT2D eigenvalue weighted by Crippen LogP contribution is -2.37. The first kappa shape index (κ1) is 23.7. The van der Waals surface area contributed by atoms with Gasteiger partial charge in [-0.05, 0) is 25.0 Å². The van der Waals surface area contributed by atoms with Gasteiger partial charge in [-0.1, -0.05) is 12.1 Å². The van der Waals surface area contributed by atoms with Crippen molar-refractivity contribution in [3.63, 3.8) is 0 Å². The van der Waals surface area contributed by atoms with Gasteiger partial charge < -0.3 is 14.2 Å². The van der Waals surface area contributed by atoms with Crippen molar-refractivity contribution >= 4 is 16.8 Å². The molecule has 4 aromatic rings. The van der Waals surface area contributed by atoms with E-state index in [4.69, 9.17) is 9.72 Å². The Balaban J connectivity index is 1.55. The summed E-state index contributed by atoms with van der Waals surface area (Å²) in [5.41, 5.74) is 3.65. The highest BCUT2D eigenvalue weighted by molar-refractivity contribution is 5.96. The third-order valence-corrected chi connectivity index (χ3v) is 7.43. The summed E-state index contributed by atoms with van der Waals surface area (Å²) in [6, 6.07) is 7.16. The number of carbonyl (C=O) groups is 1. The Morgan fingerprint density at radius 3 is 2.65 bits per heavy atom. The van der Waals surface area contributed by atoms with E-state index in [0.29, 0.717) is 49.3 Å². The van der Waals surface area contributed by atoms with Gasteiger partial charge >= 0.3 is 0 Å². The predicted molar refractivity (Wildman–Crippen MR) is 134 cm³/mol. The molecule has 1 saturated heterocycles. The topological polar surface area (TPSA) is 78.1 Å². The molecule has 0 radical (unpaired) electrons. The van der Waals surface area contributed by atoms with Gasteiger partial charge in [-0.3, -0.25) is 9.48 Å². The summed E-state index contributed by atoms with van der Waals surface area (Å²) in [5.74, 6) is 1.25. The Hall–Kier alpha value is -3.66. The number of aryl methyl sites for hydroxylation is 1. The van der Waals surface area contributed by atoms with Crippen LogP contribution in [0.25, 0.3) is 33.4 Å². The van der Waals surface area contributed by atoms with Gasteiger partial charge in [-0.25, -0.2) is 18.7 Å². The SMILES string of the molecule is CC(=O)N1CCn2c(C3CCOCC3)nc(-c3cccc4nc(-c5cnn(C)c5)c(C(F)F)cc34)c2C1. The van der Waals surface area contributed by atoms with E-state index in [2.05, 4.69) is 14.6 Å². The fourth-order valence-electron chi connectivity index (χ4n) is 5.51. The molecular weight excluding hydrogens is 478 g/mol. The zero-order valence-electron chi connectivity index (χ0n) is 20.8. The zero-order chi connectivity index (χ0) is 25.7. The summed E-state index contributed by atoms with van der Waals surface area (Å²) in [4.78, 5) is 23.9. The maximum atomic E-state index is 14.3. The molecule has 0 saturated carbocycles. The van der Waals surface area contributed by atoms with Crippen molar-refractivity contribution in [1.29, 1.82) is 0 Å². The molecule has 1 aromatic carbocycles. The van der Waals surface area contributed by atoms with Crippen LogP contribution in [0.5, 0.6) is 0 Å². The standard InChI is InChI=1S/C27H28F2N6O2/c1-16(36)34-8-9-35-23(15-34)25(32-27(35)17-6-10-37-11-7-17)19-4-3-5-22-20(19)12-21(26(28)29)24(31-22)18-13-30-33(2)14-18/h3-5,12-14,17,26H,6-11,15H2,1-2H3. The van der Waals surface area contributed by atoms with Crippen LogP contribution in [-0.4, -0.2) is 54.9 Å². The van der Waals surface area contributed by atoms with E-state index in [1.54, 1.807) is 31.0 Å². The van der Waals surface area contributed by atoms with Gasteiger partial charge in [0.15, 0.2) is 0 Å². The summed E-state index contributed by atoms with van der Waals surface area (Å²) in [5, 5.41) is 4.75. The summed E-state index contributed by atoms with van der Waals surface area (Å²) < 4.78 is 38.0. The Labute approximate surface area is 212 Å². The van der Waals surface area contributed by atoms with E-state index in [1.165, 1.54) is 6.07 Å². The Bertz CT molecular complexity index is 1490. The van der Waals surface area contributed by atoms with Crippen LogP contribution >= 0.6 is 0 Å². The molecule has 8 nitrogen and oxygen atoms in total. The lowest BCUT2D eigenvalue weighted by molar-refractivity contribution is -0.130. The number of hydrogen-bond acceptors (Lipinski definition) is 5. The number of rotatable bonds is 4. The Morgan fingerprint density at radius 1 is 1.14 bits per heavy atom. The normalized spacial score (nSPS) is 16.5. The van der Waals surface area contributed by atoms with Gasteiger partial charge in [0.1, 0.15) is 5.82 Å². The lowest BCUT2D eigenvalue weighted by atomic mass is 9.99. The molecule has 1 fully saturated rings. The molecule has 3 aromatic heterocycles. The van der Waals surface area contributed by atoms with E-state index in [1.807, 2.05) is 23.1 Å². The van der Waals surface area contributed by atoms with Crippen LogP contribution in [0, 0.1) is 0 Å². The maximum absolute atomic E-state index is 14.3. The summed E-state index contributed by atoms with van der Waals surface area (Å²) in [6.45, 7) is 4.66. The second-order valence-electron chi connectivity index (χ2n) is 9.75. The number of ether oxygens (including phenoxy) is 1. The fourth-order valence-corrected chi connectivity index (χ4v) is 5.51. The molecule has 6 rings (SSSR count). The number of amides is 1. The van der Waals surface area contributed by atoms with E-state index < -0.39 is 6.43 Å². The average molecular weight is 507 g/mol. The van der Waals surface area contributed by atoms with E-state index in [-0.39, 0.29) is 23.1 Å². The Kier molecular flexibility index (Phi) is 5.98. The highest BCUT2D eigenvalue weighted by atomic mass is 19.3. The molecule has 0 aliphatic carbocycles. The van der Waals surface area contributed by atoms with Gasteiger partial charge in [0.05, 0.1) is 35.3 Å². The molecule has 1 amide bonds. The van der Waals surface area contributed by atoms with E-state index >= 15 is 0 Å². The summed E-state index contributed by atoms with van der Waals surface area (Å²) in [7, 11) is 1.74. The van der Waals surface area contributed by atoms with Crippen molar-refractivity contribution in [3.8, 4) is 22.5 Å². The second kappa shape index (κ2) is 9.33. The van der Waals surface area contributed by atoms with E-state index in [0.717, 1.165) is 35.6 Å². The fraction of sp³-hybridized carbons (Fsp3) is 0.407. The molecule has 0 bridgehead atoms. The average Bonchev–Trinajstić information content (AvgIpc) is 3.51. The number of aromatic nitrogens is 5. The third-order valence-electron chi connectivity index (χ3n) is 7.43. The largest absolute Gasteiger partial charge is 0.381 e. The lowest BCUT2D eigenvalue weighted by Gasteiger charge is -2.30. The molecule has 0 unspecified atom stereocenters. The highest BCUT2D eigenvalue weighted by Crippen LogP contribution is 2.39. The van der Waals surface area contributed by atoms with Crippen LogP contribution in [-0.2, 0) is 29.7 Å². The third kappa shape index (κ3) is 4.19. The number of hydrogen-bond donors (Lipinski definition) is 0. The number of alkyl halides is 2. The number of nitrogens with zero attached hydrogens (tertiary/aromatic N) is 6. The number of carbonyl (C=O) groups excluding carboxylic acids is 1. The molecule has 192 valence electrons. The first-order chi connectivity index (χ1) is 17.9. The van der Waals surface area contributed by atoms with E-state index in [9.17, 15) is 13.6 Å². The molecule has 5 heterocycles. The zero-order valence-corrected chi connectivity index (χ0v) is 20.8. The second-order valence-corrected chi connectivity index (χ2v) is 9.75. The predicted octanol–water partition coefficient (Wildman–Crippen LogP) is 4.69. The number of benzene rings is 1. The van der Waals surface area contributed by atoms with Crippen molar-refractivity contribution in [2.75, 3.05) is 19.8 Å². The van der Waals surface area contributed by atoms with Crippen molar-refractivity contribution in [2.24, 2.45) is 7.05 Å². The molecule has 0 spiro atoms. The molecule has 0 atom stereocenters. The number of fused-ring (bicyclic) bond motifs is 2. The van der Waals surface area contributed by atoms with Crippen LogP contribution in [0.2, 0.25) is 0 Å². The van der Waals surface area contributed by atoms with Crippen LogP contribution in [0.3, 0.4) is 0 Å². The highest BCUT2D eigenvalue weighted by Gasteiger charge is 2.31. The van der Waals surface area contributed by atoms with Crippen molar-refractivity contribution in [3.05, 3.63) is 53.7 Å². The van der Waals surface area contributed by atoms with Gasteiger partial charge in [-0.2, -0.15) is 5.10 Å². The van der Waals surface area contributed by atoms with Crippen LogP contribution < -0.4 is 0 Å². The number of imidazole rings is 1. The number of halogens is 2. The minimum atomic E-state index is -2.71. The molecule has 37 heavy (non-hydrogen) atoms. The monoisotopic (exact) mass is 506 g/mol. The smallest absolute Gasteiger partial charge is 0.265 e. The van der Waals surface area contributed by atoms with Gasteiger partial charge in [0.25, 0.3) is 6.43 Å². The number of pyridine rings is 1. The first-order valence-corrected chi connectivity index (χ1v) is 12.5. The molecule has 10 heteroatoms. The minimum Gasteiger partial charge on any atom is -0.381 e. The van der Waals surface area contributed by atoms with Crippen LogP contribution in [0.15, 0.2) is 36.7 Å². The van der Waals surface area contributed by atoms with Gasteiger partial charge in [0, 0.05) is 74.5 Å². The van der Waals surface area contributed by atoms with Crippen LogP contribution in [0.1, 0.15) is 49.2 Å². The van der Waals surface area contributed by atoms with Crippen LogP contribution in [0.4, 0.5) is 8.78 Å². The van der Waals surface area contributed by atoms with Crippen molar-refractivity contribution in [1.82, 2.24) is 29.2 Å². The molecular formula is C27H28F2N6O2. The first-order valence-electron chi connectivity index (χ1n) is 12.5. The van der Waals surface area contributed by atoms with Gasteiger partial charge in [0.2, 0.25) is 5.91 Å². The minimum absolute atomic E-state index is 0.00621. The quantitative estimate of drug-likeness (QED) is 0.401. The molecule has 2 aliphatic heterocycles. The Morgan fingerprint density at radius 2 is 1.95 bits per heavy atom. The van der Waals surface area contributed by atoms with Gasteiger partial charge in [-0.15, -0.1) is 0 Å². The van der Waals surface area contributed by atoms with Crippen molar-refractivity contribution < 1.29 is 18.3 Å². The van der Waals surface area contributed by atoms with Crippen molar-refractivity contribution in [2.45, 2.75) is 45.2 Å². The summed E-state index contributed by atoms with van der Waals surface area (Å²) >= 11 is 0. The summed E-state index contributed by atoms with van der Waals surface area (Å²) in [6.07, 6.45) is 2.29.